The Labute approximate surface area is 167 Å². The molecule has 1 aromatic rings. The highest BCUT2D eigenvalue weighted by atomic mass is 32.2. The van der Waals surface area contributed by atoms with Gasteiger partial charge in [-0.05, 0) is 42.6 Å². The van der Waals surface area contributed by atoms with E-state index in [0.29, 0.717) is 5.92 Å². The highest BCUT2D eigenvalue weighted by Gasteiger charge is 2.72. The number of hydrogen-bond acceptors (Lipinski definition) is 5. The number of hydrogen-bond donors (Lipinski definition) is 1. The Morgan fingerprint density at radius 3 is 2.61 bits per heavy atom. The number of sulfonamides is 1. The van der Waals surface area contributed by atoms with Gasteiger partial charge in [0.25, 0.3) is 5.91 Å². The number of benzene rings is 1. The molecular formula is C21H30N2O4S. The molecule has 3 aliphatic rings. The summed E-state index contributed by atoms with van der Waals surface area (Å²) in [5.41, 5.74) is 0.460. The molecular weight excluding hydrogens is 376 g/mol. The molecule has 154 valence electrons. The number of fused-ring (bicyclic) bond motifs is 1. The van der Waals surface area contributed by atoms with E-state index in [1.807, 2.05) is 30.3 Å². The molecule has 6 nitrogen and oxygen atoms in total. The maximum atomic E-state index is 13.5. The van der Waals surface area contributed by atoms with Crippen molar-refractivity contribution in [1.82, 2.24) is 9.37 Å². The second-order valence-corrected chi connectivity index (χ2v) is 11.1. The predicted octanol–water partition coefficient (Wildman–Crippen LogP) is 2.68. The maximum Gasteiger partial charge on any atom is 0.256 e. The van der Waals surface area contributed by atoms with Crippen LogP contribution < -0.4 is 0 Å². The smallest absolute Gasteiger partial charge is 0.256 e. The average Bonchev–Trinajstić information content (AvgIpc) is 3.13. The minimum absolute atomic E-state index is 0.0511. The van der Waals surface area contributed by atoms with Gasteiger partial charge < -0.3 is 5.21 Å². The largest absolute Gasteiger partial charge is 0.313 e. The highest BCUT2D eigenvalue weighted by Crippen LogP contribution is 2.70. The Kier molecular flexibility index (Phi) is 4.64. The van der Waals surface area contributed by atoms with Crippen molar-refractivity contribution in [2.24, 2.45) is 16.7 Å². The molecule has 1 amide bonds. The van der Waals surface area contributed by atoms with Gasteiger partial charge in [0.05, 0.1) is 11.8 Å². The van der Waals surface area contributed by atoms with Crippen LogP contribution in [0.4, 0.5) is 0 Å². The van der Waals surface area contributed by atoms with Gasteiger partial charge >= 0.3 is 0 Å². The van der Waals surface area contributed by atoms with Crippen molar-refractivity contribution in [1.29, 1.82) is 0 Å². The molecule has 1 spiro atoms. The van der Waals surface area contributed by atoms with Crippen LogP contribution in [0.1, 0.15) is 45.6 Å². The molecule has 7 heteroatoms. The van der Waals surface area contributed by atoms with Crippen molar-refractivity contribution in [2.75, 3.05) is 12.3 Å². The summed E-state index contributed by atoms with van der Waals surface area (Å²) in [6.07, 6.45) is 2.92. The molecule has 2 saturated carbocycles. The zero-order valence-corrected chi connectivity index (χ0v) is 17.7. The number of amides is 1. The Balaban J connectivity index is 1.69. The summed E-state index contributed by atoms with van der Waals surface area (Å²) in [6, 6.07) is 8.26. The van der Waals surface area contributed by atoms with E-state index < -0.39 is 22.0 Å². The van der Waals surface area contributed by atoms with Gasteiger partial charge in [0.1, 0.15) is 6.04 Å². The zero-order valence-electron chi connectivity index (χ0n) is 16.8. The summed E-state index contributed by atoms with van der Waals surface area (Å²) in [6.45, 7) is 6.34. The first kappa shape index (κ1) is 19.9. The Morgan fingerprint density at radius 1 is 1.32 bits per heavy atom. The number of likely N-dealkylation sites (N-methyl/N-ethyl adjacent to an activating group) is 1. The quantitative estimate of drug-likeness (QED) is 0.761. The van der Waals surface area contributed by atoms with Crippen molar-refractivity contribution in [3.05, 3.63) is 35.9 Å². The van der Waals surface area contributed by atoms with Gasteiger partial charge in [-0.15, -0.1) is 0 Å². The molecule has 2 bridgehead atoms. The molecule has 3 fully saturated rings. The van der Waals surface area contributed by atoms with Crippen molar-refractivity contribution < 1.29 is 18.4 Å². The van der Waals surface area contributed by atoms with Gasteiger partial charge in [0.2, 0.25) is 10.0 Å². The van der Waals surface area contributed by atoms with Gasteiger partial charge in [-0.1, -0.05) is 51.1 Å². The number of hydroxylamine groups is 2. The lowest BCUT2D eigenvalue weighted by molar-refractivity contribution is -0.160. The van der Waals surface area contributed by atoms with Crippen LogP contribution in [0.2, 0.25) is 0 Å². The number of rotatable bonds is 5. The maximum absolute atomic E-state index is 13.5. The van der Waals surface area contributed by atoms with Crippen LogP contribution >= 0.6 is 0 Å². The van der Waals surface area contributed by atoms with E-state index in [-0.39, 0.29) is 35.6 Å². The molecule has 0 radical (unpaired) electrons. The Morgan fingerprint density at radius 2 is 2.00 bits per heavy atom. The molecule has 1 saturated heterocycles. The third kappa shape index (κ3) is 2.66. The van der Waals surface area contributed by atoms with Gasteiger partial charge in [0, 0.05) is 12.0 Å². The minimum Gasteiger partial charge on any atom is -0.313 e. The monoisotopic (exact) mass is 406 g/mol. The van der Waals surface area contributed by atoms with E-state index in [4.69, 9.17) is 0 Å². The molecule has 1 heterocycles. The standard InChI is InChI=1S/C21H30N2O4S/c1-4-22(25)17(12-15-8-6-5-7-9-15)19(24)23-18-13-16-10-11-21(18,20(16,2)3)14-28(23,26)27/h5-9,16-18,25H,4,10-14H2,1-3H3/t16-,17+,18-,21-/m1/s1. The first-order valence-electron chi connectivity index (χ1n) is 10.2. The lowest BCUT2D eigenvalue weighted by Gasteiger charge is -2.38. The second-order valence-electron chi connectivity index (χ2n) is 9.22. The van der Waals surface area contributed by atoms with E-state index in [1.54, 1.807) is 6.92 Å². The van der Waals surface area contributed by atoms with Crippen molar-refractivity contribution >= 4 is 15.9 Å². The number of carbonyl (C=O) groups is 1. The molecule has 1 aromatic carbocycles. The molecule has 4 atom stereocenters. The molecule has 1 aliphatic heterocycles. The molecule has 2 aliphatic carbocycles. The molecule has 0 unspecified atom stereocenters. The van der Waals surface area contributed by atoms with E-state index in [9.17, 15) is 18.4 Å². The fraction of sp³-hybridized carbons (Fsp3) is 0.667. The third-order valence-electron chi connectivity index (χ3n) is 7.87. The first-order chi connectivity index (χ1) is 13.1. The molecule has 1 N–H and O–H groups in total. The summed E-state index contributed by atoms with van der Waals surface area (Å²) < 4.78 is 27.5. The van der Waals surface area contributed by atoms with Crippen LogP contribution in [0.15, 0.2) is 30.3 Å². The van der Waals surface area contributed by atoms with E-state index in [1.165, 1.54) is 4.31 Å². The minimum atomic E-state index is -3.69. The highest BCUT2D eigenvalue weighted by molar-refractivity contribution is 7.90. The normalized spacial score (nSPS) is 33.2. The number of nitrogens with zero attached hydrogens (tertiary/aromatic N) is 2. The van der Waals surface area contributed by atoms with Crippen molar-refractivity contribution in [3.8, 4) is 0 Å². The van der Waals surface area contributed by atoms with Crippen LogP contribution in [-0.4, -0.2) is 53.3 Å². The van der Waals surface area contributed by atoms with E-state index in [2.05, 4.69) is 13.8 Å². The van der Waals surface area contributed by atoms with Crippen molar-refractivity contribution in [2.45, 2.75) is 58.5 Å². The van der Waals surface area contributed by atoms with Crippen LogP contribution in [-0.2, 0) is 21.2 Å². The second kappa shape index (κ2) is 6.54. The van der Waals surface area contributed by atoms with Gasteiger partial charge in [-0.2, -0.15) is 5.06 Å². The lowest BCUT2D eigenvalue weighted by atomic mass is 9.69. The van der Waals surface area contributed by atoms with Crippen LogP contribution in [0.25, 0.3) is 0 Å². The summed E-state index contributed by atoms with van der Waals surface area (Å²) >= 11 is 0. The van der Waals surface area contributed by atoms with E-state index >= 15 is 0 Å². The summed E-state index contributed by atoms with van der Waals surface area (Å²) in [4.78, 5) is 13.5. The van der Waals surface area contributed by atoms with E-state index in [0.717, 1.165) is 29.9 Å². The number of carbonyl (C=O) groups excluding carboxylic acids is 1. The van der Waals surface area contributed by atoms with Gasteiger partial charge in [-0.25, -0.2) is 12.7 Å². The lowest BCUT2D eigenvalue weighted by Crippen LogP contribution is -2.53. The van der Waals surface area contributed by atoms with Crippen molar-refractivity contribution in [3.63, 3.8) is 0 Å². The Hall–Kier alpha value is -1.44. The summed E-state index contributed by atoms with van der Waals surface area (Å²) in [5, 5.41) is 11.4. The third-order valence-corrected chi connectivity index (χ3v) is 9.78. The topological polar surface area (TPSA) is 77.9 Å². The molecule has 0 aromatic heterocycles. The predicted molar refractivity (Wildman–Crippen MR) is 106 cm³/mol. The van der Waals surface area contributed by atoms with Crippen LogP contribution in [0.5, 0.6) is 0 Å². The average molecular weight is 407 g/mol. The summed E-state index contributed by atoms with van der Waals surface area (Å²) in [5.74, 6) is 0.0147. The zero-order chi connectivity index (χ0) is 20.3. The van der Waals surface area contributed by atoms with Crippen LogP contribution in [0, 0.1) is 16.7 Å². The van der Waals surface area contributed by atoms with Crippen LogP contribution in [0.3, 0.4) is 0 Å². The summed E-state index contributed by atoms with van der Waals surface area (Å²) in [7, 11) is -3.69. The van der Waals surface area contributed by atoms with Gasteiger partial charge in [-0.3, -0.25) is 4.79 Å². The molecule has 4 rings (SSSR count). The fourth-order valence-corrected chi connectivity index (χ4v) is 8.67. The molecule has 28 heavy (non-hydrogen) atoms. The Bertz CT molecular complexity index is 870. The fourth-order valence-electron chi connectivity index (χ4n) is 6.10. The SMILES string of the molecule is CCN(O)[C@@H](Cc1ccccc1)C(=O)N1[C@@H]2C[C@H]3CC[C@]2(CS1(=O)=O)C3(C)C. The first-order valence-corrected chi connectivity index (χ1v) is 11.8. The van der Waals surface area contributed by atoms with Gasteiger partial charge in [0.15, 0.2) is 0 Å².